The molecule has 0 unspecified atom stereocenters. The fourth-order valence-electron chi connectivity index (χ4n) is 2.65. The summed E-state index contributed by atoms with van der Waals surface area (Å²) >= 11 is 0. The lowest BCUT2D eigenvalue weighted by atomic mass is 10.1. The summed E-state index contributed by atoms with van der Waals surface area (Å²) < 4.78 is 4.56. The molecule has 0 aliphatic carbocycles. The molecular formula is C17H19N2+. The Labute approximate surface area is 113 Å². The van der Waals surface area contributed by atoms with Crippen LogP contribution >= 0.6 is 0 Å². The number of nitrogens with zero attached hydrogens (tertiary/aromatic N) is 2. The van der Waals surface area contributed by atoms with Crippen LogP contribution in [0.4, 0.5) is 0 Å². The second kappa shape index (κ2) is 4.23. The van der Waals surface area contributed by atoms with Crippen LogP contribution in [0, 0.1) is 20.8 Å². The summed E-state index contributed by atoms with van der Waals surface area (Å²) in [6.07, 6.45) is 2.24. The summed E-state index contributed by atoms with van der Waals surface area (Å²) in [5, 5.41) is 0. The van der Waals surface area contributed by atoms with Gasteiger partial charge in [0.1, 0.15) is 12.6 Å². The molecular weight excluding hydrogens is 232 g/mol. The zero-order valence-corrected chi connectivity index (χ0v) is 11.9. The molecule has 0 N–H and O–H groups in total. The second-order valence-corrected chi connectivity index (χ2v) is 5.17. The van der Waals surface area contributed by atoms with Crippen molar-refractivity contribution in [2.75, 3.05) is 0 Å². The molecule has 2 heteroatoms. The first-order valence-corrected chi connectivity index (χ1v) is 6.63. The maximum absolute atomic E-state index is 2.30. The largest absolute Gasteiger partial charge is 0.309 e. The maximum atomic E-state index is 2.30. The molecule has 0 saturated heterocycles. The van der Waals surface area contributed by atoms with Gasteiger partial charge < -0.3 is 4.40 Å². The van der Waals surface area contributed by atoms with Crippen LogP contribution in [0.3, 0.4) is 0 Å². The summed E-state index contributed by atoms with van der Waals surface area (Å²) in [5.74, 6) is 0. The number of benzene rings is 1. The van der Waals surface area contributed by atoms with E-state index in [9.17, 15) is 0 Å². The van der Waals surface area contributed by atoms with Crippen molar-refractivity contribution in [1.29, 1.82) is 0 Å². The predicted molar refractivity (Wildman–Crippen MR) is 78.2 cm³/mol. The molecule has 0 radical (unpaired) electrons. The summed E-state index contributed by atoms with van der Waals surface area (Å²) in [5.41, 5.74) is 7.72. The van der Waals surface area contributed by atoms with Crippen molar-refractivity contribution in [1.82, 2.24) is 4.40 Å². The average Bonchev–Trinajstić information content (AvgIpc) is 2.89. The monoisotopic (exact) mass is 251 g/mol. The molecule has 0 bridgehead atoms. The fourth-order valence-corrected chi connectivity index (χ4v) is 2.65. The van der Waals surface area contributed by atoms with Gasteiger partial charge in [-0.2, -0.15) is 4.57 Å². The van der Waals surface area contributed by atoms with Crippen LogP contribution in [0.2, 0.25) is 0 Å². The van der Waals surface area contributed by atoms with E-state index in [2.05, 4.69) is 79.4 Å². The zero-order chi connectivity index (χ0) is 13.6. The highest BCUT2D eigenvalue weighted by atomic mass is 15.0. The lowest BCUT2D eigenvalue weighted by molar-refractivity contribution is -0.683. The molecule has 0 aliphatic heterocycles. The van der Waals surface area contributed by atoms with Crippen LogP contribution in [0.1, 0.15) is 17.1 Å². The van der Waals surface area contributed by atoms with E-state index in [1.54, 1.807) is 0 Å². The molecule has 3 rings (SSSR count). The van der Waals surface area contributed by atoms with Crippen LogP contribution in [0.5, 0.6) is 0 Å². The molecule has 2 nitrogen and oxygen atoms in total. The number of aryl methyl sites for hydroxylation is 2. The van der Waals surface area contributed by atoms with Crippen molar-refractivity contribution in [3.63, 3.8) is 0 Å². The Balaban J connectivity index is 2.33. The zero-order valence-electron chi connectivity index (χ0n) is 11.9. The van der Waals surface area contributed by atoms with Gasteiger partial charge in [-0.15, -0.1) is 0 Å². The SMILES string of the molecule is Cc1c(C)[n+](C)c(C)c2cc(-c3ccccc3)cn12. The van der Waals surface area contributed by atoms with Gasteiger partial charge in [-0.05, 0) is 18.6 Å². The van der Waals surface area contributed by atoms with Crippen molar-refractivity contribution in [2.24, 2.45) is 7.05 Å². The van der Waals surface area contributed by atoms with E-state index in [1.807, 2.05) is 0 Å². The molecule has 1 aromatic carbocycles. The Morgan fingerprint density at radius 2 is 1.58 bits per heavy atom. The first-order chi connectivity index (χ1) is 9.09. The van der Waals surface area contributed by atoms with E-state index < -0.39 is 0 Å². The highest BCUT2D eigenvalue weighted by Crippen LogP contribution is 2.24. The Morgan fingerprint density at radius 3 is 2.26 bits per heavy atom. The third-order valence-electron chi connectivity index (χ3n) is 4.19. The molecule has 0 amide bonds. The Kier molecular flexibility index (Phi) is 2.67. The quantitative estimate of drug-likeness (QED) is 0.586. The maximum Gasteiger partial charge on any atom is 0.202 e. The highest BCUT2D eigenvalue weighted by Gasteiger charge is 2.17. The van der Waals surface area contributed by atoms with Gasteiger partial charge in [-0.25, -0.2) is 0 Å². The summed E-state index contributed by atoms with van der Waals surface area (Å²) in [4.78, 5) is 0. The number of aromatic nitrogens is 2. The Bertz CT molecular complexity index is 707. The molecule has 0 spiro atoms. The summed E-state index contributed by atoms with van der Waals surface area (Å²) in [7, 11) is 2.13. The average molecular weight is 251 g/mol. The highest BCUT2D eigenvalue weighted by molar-refractivity contribution is 5.71. The minimum Gasteiger partial charge on any atom is -0.309 e. The van der Waals surface area contributed by atoms with Crippen molar-refractivity contribution in [2.45, 2.75) is 20.8 Å². The van der Waals surface area contributed by atoms with E-state index in [1.165, 1.54) is 33.7 Å². The van der Waals surface area contributed by atoms with Gasteiger partial charge in [0, 0.05) is 25.6 Å². The van der Waals surface area contributed by atoms with E-state index in [0.717, 1.165) is 0 Å². The summed E-state index contributed by atoms with van der Waals surface area (Å²) in [6.45, 7) is 6.52. The van der Waals surface area contributed by atoms with Crippen molar-refractivity contribution in [3.05, 3.63) is 59.7 Å². The lowest BCUT2D eigenvalue weighted by Gasteiger charge is -2.06. The van der Waals surface area contributed by atoms with Crippen LogP contribution in [0.25, 0.3) is 16.6 Å². The standard InChI is InChI=1S/C17H19N2/c1-12-13(2)19-11-16(15-8-6-5-7-9-15)10-17(19)14(3)18(12)4/h5-11H,1-4H3/q+1. The molecule has 3 aromatic rings. The number of fused-ring (bicyclic) bond motifs is 1. The number of rotatable bonds is 1. The number of hydrogen-bond acceptors (Lipinski definition) is 0. The van der Waals surface area contributed by atoms with Gasteiger partial charge in [-0.3, -0.25) is 0 Å². The first-order valence-electron chi connectivity index (χ1n) is 6.63. The van der Waals surface area contributed by atoms with E-state index >= 15 is 0 Å². The molecule has 19 heavy (non-hydrogen) atoms. The lowest BCUT2D eigenvalue weighted by Crippen LogP contribution is -2.37. The molecule has 0 saturated carbocycles. The van der Waals surface area contributed by atoms with Crippen molar-refractivity contribution >= 4 is 5.52 Å². The molecule has 0 aliphatic rings. The molecule has 2 heterocycles. The van der Waals surface area contributed by atoms with Gasteiger partial charge in [0.05, 0.1) is 5.69 Å². The molecule has 0 atom stereocenters. The smallest absolute Gasteiger partial charge is 0.202 e. The first kappa shape index (κ1) is 12.0. The van der Waals surface area contributed by atoms with Gasteiger partial charge in [-0.1, -0.05) is 30.3 Å². The van der Waals surface area contributed by atoms with Crippen LogP contribution in [-0.4, -0.2) is 4.40 Å². The van der Waals surface area contributed by atoms with Gasteiger partial charge in [0.15, 0.2) is 5.69 Å². The third-order valence-corrected chi connectivity index (χ3v) is 4.19. The molecule has 96 valence electrons. The van der Waals surface area contributed by atoms with E-state index in [4.69, 9.17) is 0 Å². The van der Waals surface area contributed by atoms with Crippen LogP contribution < -0.4 is 4.57 Å². The van der Waals surface area contributed by atoms with Gasteiger partial charge in [0.25, 0.3) is 0 Å². The minimum absolute atomic E-state index is 1.27. The van der Waals surface area contributed by atoms with Crippen molar-refractivity contribution in [3.8, 4) is 11.1 Å². The number of hydrogen-bond donors (Lipinski definition) is 0. The van der Waals surface area contributed by atoms with Gasteiger partial charge in [0.2, 0.25) is 5.69 Å². The van der Waals surface area contributed by atoms with E-state index in [0.29, 0.717) is 0 Å². The molecule has 0 fully saturated rings. The van der Waals surface area contributed by atoms with Crippen molar-refractivity contribution < 1.29 is 4.57 Å². The predicted octanol–water partition coefficient (Wildman–Crippen LogP) is 3.36. The van der Waals surface area contributed by atoms with Gasteiger partial charge >= 0.3 is 0 Å². The minimum atomic E-state index is 1.27. The third kappa shape index (κ3) is 1.75. The fraction of sp³-hybridized carbons (Fsp3) is 0.235. The Hall–Kier alpha value is -2.09. The topological polar surface area (TPSA) is 8.29 Å². The van der Waals surface area contributed by atoms with Crippen LogP contribution in [-0.2, 0) is 7.05 Å². The second-order valence-electron chi connectivity index (χ2n) is 5.17. The Morgan fingerprint density at radius 1 is 0.895 bits per heavy atom. The van der Waals surface area contributed by atoms with Crippen LogP contribution in [0.15, 0.2) is 42.6 Å². The van der Waals surface area contributed by atoms with E-state index in [-0.39, 0.29) is 0 Å². The summed E-state index contributed by atoms with van der Waals surface area (Å²) in [6, 6.07) is 12.8. The normalized spacial score (nSPS) is 11.2. The molecule has 2 aromatic heterocycles.